The molecule has 0 aromatic heterocycles. The number of carbonyl (C=O) groups is 1. The first-order chi connectivity index (χ1) is 16.4. The van der Waals surface area contributed by atoms with Gasteiger partial charge in [0, 0.05) is 24.0 Å². The molecular weight excluding hydrogens is 440 g/mol. The van der Waals surface area contributed by atoms with E-state index in [1.807, 2.05) is 18.2 Å². The van der Waals surface area contributed by atoms with E-state index in [4.69, 9.17) is 14.6 Å². The number of benzene rings is 3. The normalized spacial score (nSPS) is 18.0. The molecule has 5 rings (SSSR count). The first kappa shape index (κ1) is 21.9. The molecule has 0 bridgehead atoms. The smallest absolute Gasteiger partial charge is 0.304 e. The van der Waals surface area contributed by atoms with E-state index in [-0.39, 0.29) is 30.4 Å². The van der Waals surface area contributed by atoms with Crippen molar-refractivity contribution >= 4 is 5.97 Å². The molecule has 34 heavy (non-hydrogen) atoms. The number of fused-ring (bicyclic) bond motifs is 2. The Bertz CT molecular complexity index is 1330. The molecule has 1 aliphatic carbocycles. The molecule has 2 atom stereocenters. The quantitative estimate of drug-likeness (QED) is 0.529. The zero-order chi connectivity index (χ0) is 23.8. The second kappa shape index (κ2) is 8.79. The van der Waals surface area contributed by atoms with Crippen LogP contribution in [0.3, 0.4) is 0 Å². The molecule has 2 aliphatic rings. The van der Waals surface area contributed by atoms with Gasteiger partial charge in [-0.15, -0.1) is 0 Å². The molecule has 0 unspecified atom stereocenters. The number of hydrogen-bond acceptors (Lipinski definition) is 4. The van der Waals surface area contributed by atoms with Crippen molar-refractivity contribution in [3.8, 4) is 17.6 Å². The molecule has 1 heterocycles. The number of carboxylic acid groups (broad SMARTS) is 1. The van der Waals surface area contributed by atoms with E-state index >= 15 is 0 Å². The maximum absolute atomic E-state index is 14.3. The molecule has 1 N–H and O–H groups in total. The maximum atomic E-state index is 14.3. The topological polar surface area (TPSA) is 79.5 Å². The van der Waals surface area contributed by atoms with Gasteiger partial charge in [-0.1, -0.05) is 24.3 Å². The number of hydrogen-bond donors (Lipinski definition) is 1. The van der Waals surface area contributed by atoms with Crippen molar-refractivity contribution in [2.45, 2.75) is 37.7 Å². The highest BCUT2D eigenvalue weighted by atomic mass is 19.2. The Hall–Kier alpha value is -3.92. The van der Waals surface area contributed by atoms with Crippen LogP contribution in [0.25, 0.3) is 0 Å². The minimum Gasteiger partial charge on any atom is -0.492 e. The van der Waals surface area contributed by atoms with Gasteiger partial charge in [-0.2, -0.15) is 5.26 Å². The van der Waals surface area contributed by atoms with E-state index in [1.165, 1.54) is 12.1 Å². The Labute approximate surface area is 195 Å². The van der Waals surface area contributed by atoms with E-state index in [0.29, 0.717) is 42.1 Å². The maximum Gasteiger partial charge on any atom is 0.304 e. The molecule has 0 spiro atoms. The Morgan fingerprint density at radius 3 is 2.79 bits per heavy atom. The largest absolute Gasteiger partial charge is 0.492 e. The third kappa shape index (κ3) is 3.96. The van der Waals surface area contributed by atoms with Crippen LogP contribution in [0.5, 0.6) is 11.5 Å². The Balaban J connectivity index is 1.41. The number of carboxylic acids is 1. The molecule has 5 nitrogen and oxygen atoms in total. The number of halogens is 2. The standard InChI is InChI=1S/C27H21F2NO4/c28-23-3-1-2-15(27(23)29)10-22-16(13-30)4-6-21-20(22)8-9-24(21)34-18-5-7-19-17(11-26(31)32)14-33-25(19)12-18/h1-7,12,17,24H,8-11,14H2,(H,31,32)/t17-,24-/m1/s1. The number of aliphatic carboxylic acids is 1. The first-order valence-corrected chi connectivity index (χ1v) is 11.1. The lowest BCUT2D eigenvalue weighted by molar-refractivity contribution is -0.137. The van der Waals surface area contributed by atoms with Crippen molar-refractivity contribution in [3.05, 3.63) is 93.5 Å². The van der Waals surface area contributed by atoms with Gasteiger partial charge >= 0.3 is 5.97 Å². The average molecular weight is 461 g/mol. The molecule has 172 valence electrons. The van der Waals surface area contributed by atoms with Crippen LogP contribution in [0.1, 0.15) is 58.2 Å². The van der Waals surface area contributed by atoms with Gasteiger partial charge in [0.2, 0.25) is 0 Å². The van der Waals surface area contributed by atoms with Gasteiger partial charge in [0.15, 0.2) is 11.6 Å². The molecule has 0 amide bonds. The van der Waals surface area contributed by atoms with Gasteiger partial charge in [0.1, 0.15) is 17.6 Å². The summed E-state index contributed by atoms with van der Waals surface area (Å²) < 4.78 is 40.0. The molecule has 0 fully saturated rings. The van der Waals surface area contributed by atoms with Crippen LogP contribution in [-0.4, -0.2) is 17.7 Å². The van der Waals surface area contributed by atoms with E-state index in [1.54, 1.807) is 12.1 Å². The first-order valence-electron chi connectivity index (χ1n) is 11.1. The summed E-state index contributed by atoms with van der Waals surface area (Å²) in [5.74, 6) is -1.61. The van der Waals surface area contributed by atoms with Gasteiger partial charge in [0.25, 0.3) is 0 Å². The summed E-state index contributed by atoms with van der Waals surface area (Å²) >= 11 is 0. The average Bonchev–Trinajstić information content (AvgIpc) is 3.41. The number of nitriles is 1. The highest BCUT2D eigenvalue weighted by Gasteiger charge is 2.30. The van der Waals surface area contributed by atoms with E-state index in [0.717, 1.165) is 22.8 Å². The van der Waals surface area contributed by atoms with Crippen LogP contribution in [0.2, 0.25) is 0 Å². The lowest BCUT2D eigenvalue weighted by atomic mass is 9.92. The minimum atomic E-state index is -0.908. The summed E-state index contributed by atoms with van der Waals surface area (Å²) in [6.07, 6.45) is 1.22. The summed E-state index contributed by atoms with van der Waals surface area (Å²) in [5.41, 5.74) is 4.08. The van der Waals surface area contributed by atoms with Gasteiger partial charge in [-0.25, -0.2) is 8.78 Å². The van der Waals surface area contributed by atoms with Crippen molar-refractivity contribution in [1.82, 2.24) is 0 Å². The number of ether oxygens (including phenoxy) is 2. The summed E-state index contributed by atoms with van der Waals surface area (Å²) in [6, 6.07) is 15.3. The van der Waals surface area contributed by atoms with Crippen molar-refractivity contribution in [2.75, 3.05) is 6.61 Å². The third-order valence-electron chi connectivity index (χ3n) is 6.55. The highest BCUT2D eigenvalue weighted by Crippen LogP contribution is 2.42. The molecule has 1 aliphatic heterocycles. The molecule has 3 aromatic carbocycles. The highest BCUT2D eigenvalue weighted by molar-refractivity contribution is 5.68. The Morgan fingerprint density at radius 1 is 1.18 bits per heavy atom. The second-order valence-corrected chi connectivity index (χ2v) is 8.61. The van der Waals surface area contributed by atoms with Gasteiger partial charge in [-0.05, 0) is 53.3 Å². The van der Waals surface area contributed by atoms with E-state index in [2.05, 4.69) is 6.07 Å². The Kier molecular flexibility index (Phi) is 5.66. The monoisotopic (exact) mass is 461 g/mol. The predicted molar refractivity (Wildman–Crippen MR) is 119 cm³/mol. The minimum absolute atomic E-state index is 0.0130. The zero-order valence-corrected chi connectivity index (χ0v) is 18.2. The Morgan fingerprint density at radius 2 is 2.00 bits per heavy atom. The summed E-state index contributed by atoms with van der Waals surface area (Å²) in [7, 11) is 0. The fourth-order valence-electron chi connectivity index (χ4n) is 4.92. The lowest BCUT2D eigenvalue weighted by Crippen LogP contribution is -2.07. The molecular formula is C27H21F2NO4. The van der Waals surface area contributed by atoms with Crippen LogP contribution in [0, 0.1) is 23.0 Å². The van der Waals surface area contributed by atoms with Crippen LogP contribution < -0.4 is 9.47 Å². The summed E-state index contributed by atoms with van der Waals surface area (Å²) in [6.45, 7) is 0.328. The van der Waals surface area contributed by atoms with Gasteiger partial charge in [-0.3, -0.25) is 4.79 Å². The van der Waals surface area contributed by atoms with Crippen LogP contribution >= 0.6 is 0 Å². The summed E-state index contributed by atoms with van der Waals surface area (Å²) in [5, 5.41) is 18.7. The zero-order valence-electron chi connectivity index (χ0n) is 18.2. The molecule has 0 saturated carbocycles. The van der Waals surface area contributed by atoms with Gasteiger partial charge < -0.3 is 14.6 Å². The summed E-state index contributed by atoms with van der Waals surface area (Å²) in [4.78, 5) is 11.1. The van der Waals surface area contributed by atoms with Crippen molar-refractivity contribution in [2.24, 2.45) is 0 Å². The second-order valence-electron chi connectivity index (χ2n) is 8.61. The fourth-order valence-corrected chi connectivity index (χ4v) is 4.92. The lowest BCUT2D eigenvalue weighted by Gasteiger charge is -2.17. The van der Waals surface area contributed by atoms with Gasteiger partial charge in [0.05, 0.1) is 24.7 Å². The van der Waals surface area contributed by atoms with E-state index in [9.17, 15) is 18.8 Å². The molecule has 0 radical (unpaired) electrons. The number of nitrogens with zero attached hydrogens (tertiary/aromatic N) is 1. The fraction of sp³-hybridized carbons (Fsp3) is 0.259. The van der Waals surface area contributed by atoms with Crippen molar-refractivity contribution in [3.63, 3.8) is 0 Å². The van der Waals surface area contributed by atoms with Crippen molar-refractivity contribution in [1.29, 1.82) is 5.26 Å². The molecule has 7 heteroatoms. The van der Waals surface area contributed by atoms with E-state index < -0.39 is 17.6 Å². The van der Waals surface area contributed by atoms with Crippen molar-refractivity contribution < 1.29 is 28.2 Å². The van der Waals surface area contributed by atoms with Crippen LogP contribution in [0.4, 0.5) is 8.78 Å². The van der Waals surface area contributed by atoms with Crippen LogP contribution in [0.15, 0.2) is 48.5 Å². The number of rotatable bonds is 6. The third-order valence-corrected chi connectivity index (χ3v) is 6.55. The van der Waals surface area contributed by atoms with Crippen LogP contribution in [-0.2, 0) is 17.6 Å². The molecule has 3 aromatic rings. The SMILES string of the molecule is N#Cc1ccc2c(c1Cc1cccc(F)c1F)CC[C@H]2Oc1ccc2c(c1)OC[C@H]2CC(=O)O. The predicted octanol–water partition coefficient (Wildman–Crippen LogP) is 5.44. The molecule has 0 saturated heterocycles.